The standard InChI is InChI=1S/C48H41ClN6O14S2/c1-6-53(7-2)70(62,63)26-16-17-38(67-3)37(19-26)51-52-41-31-18-25(23-54-45(58)27-12-8-9-13-28(27)46(54)59)34(24-55-47(60)29-14-10-11-15-30(29)48(55)61)43(71(64,65)66)32(31)20-33(42(41)56)44(57)50-36-21-35(49)39(68-4)22-40(36)69-5/h8-22,56H,6-7,23-24H2,1-5H3,(H,50,57)(H,64,65,66). The Kier molecular flexibility index (Phi) is 13.4. The molecule has 0 bridgehead atoms. The van der Waals surface area contributed by atoms with E-state index in [0.29, 0.717) is 4.90 Å². The van der Waals surface area contributed by atoms with E-state index in [9.17, 15) is 50.5 Å². The van der Waals surface area contributed by atoms with Crippen LogP contribution < -0.4 is 19.5 Å². The molecule has 5 amide bonds. The number of halogens is 1. The maximum absolute atomic E-state index is 14.5. The molecule has 0 atom stereocenters. The largest absolute Gasteiger partial charge is 0.505 e. The van der Waals surface area contributed by atoms with Crippen LogP contribution in [0.1, 0.15) is 76.8 Å². The second-order valence-electron chi connectivity index (χ2n) is 15.8. The fourth-order valence-corrected chi connectivity index (χ4v) is 11.1. The SMILES string of the molecule is CCN(CC)S(=O)(=O)c1ccc(OC)c(N=Nc2c(O)c(C(=O)Nc3cc(Cl)c(OC)cc3OC)cc3c(S(=O)(=O)O)c(CN4C(=O)c5ccccc5C4=O)c(CN4C(=O)c5ccccc5C4=O)cc23)c1. The predicted octanol–water partition coefficient (Wildman–Crippen LogP) is 7.76. The van der Waals surface area contributed by atoms with Gasteiger partial charge in [-0.3, -0.25) is 38.3 Å². The van der Waals surface area contributed by atoms with Crippen molar-refractivity contribution in [1.29, 1.82) is 0 Å². The zero-order valence-electron chi connectivity index (χ0n) is 38.2. The van der Waals surface area contributed by atoms with Gasteiger partial charge in [0.05, 0.1) is 77.8 Å². The molecule has 366 valence electrons. The van der Waals surface area contributed by atoms with Crippen molar-refractivity contribution in [2.45, 2.75) is 36.7 Å². The van der Waals surface area contributed by atoms with Crippen molar-refractivity contribution in [3.8, 4) is 23.0 Å². The van der Waals surface area contributed by atoms with Crippen LogP contribution >= 0.6 is 11.6 Å². The summed E-state index contributed by atoms with van der Waals surface area (Å²) in [6, 6.07) is 20.2. The number of amides is 5. The molecule has 0 radical (unpaired) electrons. The van der Waals surface area contributed by atoms with Crippen LogP contribution in [-0.2, 0) is 33.2 Å². The molecule has 0 aromatic heterocycles. The van der Waals surface area contributed by atoms with Gasteiger partial charge in [-0.05, 0) is 71.8 Å². The van der Waals surface area contributed by atoms with Crippen molar-refractivity contribution in [3.63, 3.8) is 0 Å². The highest BCUT2D eigenvalue weighted by molar-refractivity contribution is 7.89. The van der Waals surface area contributed by atoms with Gasteiger partial charge < -0.3 is 24.6 Å². The van der Waals surface area contributed by atoms with E-state index in [0.717, 1.165) is 17.0 Å². The summed E-state index contributed by atoms with van der Waals surface area (Å²) >= 11 is 6.40. The third-order valence-electron chi connectivity index (χ3n) is 11.9. The molecule has 2 heterocycles. The summed E-state index contributed by atoms with van der Waals surface area (Å²) in [6.45, 7) is 1.94. The monoisotopic (exact) mass is 1020 g/mol. The number of ether oxygens (including phenoxy) is 3. The molecular weight excluding hydrogens is 984 g/mol. The lowest BCUT2D eigenvalue weighted by Gasteiger charge is -2.24. The minimum atomic E-state index is -5.57. The number of hydrogen-bond donors (Lipinski definition) is 3. The van der Waals surface area contributed by atoms with Gasteiger partial charge in [0.2, 0.25) is 10.0 Å². The first-order valence-electron chi connectivity index (χ1n) is 21.3. The Morgan fingerprint density at radius 2 is 1.23 bits per heavy atom. The maximum Gasteiger partial charge on any atom is 0.295 e. The number of carbonyl (C=O) groups excluding carboxylic acids is 5. The smallest absolute Gasteiger partial charge is 0.295 e. The summed E-state index contributed by atoms with van der Waals surface area (Å²) in [5.41, 5.74) is -2.33. The molecule has 0 fully saturated rings. The fourth-order valence-electron chi connectivity index (χ4n) is 8.43. The molecule has 0 unspecified atom stereocenters. The van der Waals surface area contributed by atoms with E-state index in [1.807, 2.05) is 0 Å². The third kappa shape index (κ3) is 8.80. The van der Waals surface area contributed by atoms with Gasteiger partial charge in [0.15, 0.2) is 5.75 Å². The fraction of sp³-hybridized carbons (Fsp3) is 0.188. The summed E-state index contributed by atoms with van der Waals surface area (Å²) < 4.78 is 84.0. The van der Waals surface area contributed by atoms with Crippen LogP contribution in [0.4, 0.5) is 17.1 Å². The zero-order chi connectivity index (χ0) is 51.3. The maximum atomic E-state index is 14.5. The van der Waals surface area contributed by atoms with Crippen molar-refractivity contribution >= 4 is 89.1 Å². The van der Waals surface area contributed by atoms with E-state index in [4.69, 9.17) is 25.8 Å². The Balaban J connectivity index is 1.42. The lowest BCUT2D eigenvalue weighted by molar-refractivity contribution is 0.0616. The summed E-state index contributed by atoms with van der Waals surface area (Å²) in [5, 5.41) is 22.4. The number of phenols is 1. The first-order chi connectivity index (χ1) is 33.8. The highest BCUT2D eigenvalue weighted by Crippen LogP contribution is 2.46. The summed E-state index contributed by atoms with van der Waals surface area (Å²) in [5.74, 6) is -5.17. The molecule has 2 aliphatic heterocycles. The van der Waals surface area contributed by atoms with Crippen LogP contribution in [0.2, 0.25) is 5.02 Å². The quantitative estimate of drug-likeness (QED) is 0.0475. The minimum Gasteiger partial charge on any atom is -0.505 e. The molecule has 0 aliphatic carbocycles. The highest BCUT2D eigenvalue weighted by atomic mass is 35.5. The summed E-state index contributed by atoms with van der Waals surface area (Å²) in [4.78, 5) is 70.3. The number of anilines is 1. The first-order valence-corrected chi connectivity index (χ1v) is 24.6. The third-order valence-corrected chi connectivity index (χ3v) is 15.2. The molecular formula is C48H41ClN6O14S2. The van der Waals surface area contributed by atoms with E-state index in [-0.39, 0.29) is 84.8 Å². The van der Waals surface area contributed by atoms with Gasteiger partial charge in [0.1, 0.15) is 33.5 Å². The van der Waals surface area contributed by atoms with Crippen LogP contribution in [0.15, 0.2) is 111 Å². The number of azo groups is 1. The number of rotatable bonds is 16. The zero-order valence-corrected chi connectivity index (χ0v) is 40.6. The van der Waals surface area contributed by atoms with E-state index in [2.05, 4.69) is 15.5 Å². The van der Waals surface area contributed by atoms with E-state index < -0.39 is 95.6 Å². The number of sulfonamides is 1. The lowest BCUT2D eigenvalue weighted by atomic mass is 9.95. The first kappa shape index (κ1) is 49.7. The van der Waals surface area contributed by atoms with E-state index >= 15 is 0 Å². The average molecular weight is 1030 g/mol. The molecule has 3 N–H and O–H groups in total. The van der Waals surface area contributed by atoms with Crippen molar-refractivity contribution in [2.75, 3.05) is 39.7 Å². The van der Waals surface area contributed by atoms with Crippen LogP contribution in [0.25, 0.3) is 10.8 Å². The minimum absolute atomic E-state index is 0.0124. The predicted molar refractivity (Wildman–Crippen MR) is 257 cm³/mol. The summed E-state index contributed by atoms with van der Waals surface area (Å²) in [7, 11) is -5.78. The van der Waals surface area contributed by atoms with Gasteiger partial charge in [-0.15, -0.1) is 10.2 Å². The lowest BCUT2D eigenvalue weighted by Crippen LogP contribution is -2.33. The molecule has 8 rings (SSSR count). The number of methoxy groups -OCH3 is 3. The number of benzene rings is 6. The molecule has 71 heavy (non-hydrogen) atoms. The van der Waals surface area contributed by atoms with Crippen LogP contribution in [0.5, 0.6) is 23.0 Å². The van der Waals surface area contributed by atoms with Crippen LogP contribution in [0, 0.1) is 0 Å². The molecule has 6 aromatic rings. The number of phenolic OH excluding ortho intramolecular Hbond substituents is 1. The number of fused-ring (bicyclic) bond motifs is 3. The van der Waals surface area contributed by atoms with Gasteiger partial charge in [0.25, 0.3) is 39.7 Å². The van der Waals surface area contributed by atoms with Gasteiger partial charge in [-0.2, -0.15) is 12.7 Å². The Morgan fingerprint density at radius 1 is 0.690 bits per heavy atom. The molecule has 0 saturated heterocycles. The molecule has 2 aliphatic rings. The highest BCUT2D eigenvalue weighted by Gasteiger charge is 2.40. The molecule has 6 aromatic carbocycles. The van der Waals surface area contributed by atoms with Crippen LogP contribution in [0.3, 0.4) is 0 Å². The van der Waals surface area contributed by atoms with Crippen molar-refractivity contribution in [3.05, 3.63) is 135 Å². The Bertz CT molecular complexity index is 3480. The van der Waals surface area contributed by atoms with Crippen molar-refractivity contribution in [1.82, 2.24) is 14.1 Å². The Hall–Kier alpha value is -7.76. The van der Waals surface area contributed by atoms with Gasteiger partial charge in [-0.25, -0.2) is 8.42 Å². The second-order valence-corrected chi connectivity index (χ2v) is 19.5. The average Bonchev–Trinajstić information content (AvgIpc) is 3.73. The van der Waals surface area contributed by atoms with Gasteiger partial charge >= 0.3 is 0 Å². The number of nitrogens with zero attached hydrogens (tertiary/aromatic N) is 5. The topological polar surface area (TPSA) is 268 Å². The van der Waals surface area contributed by atoms with E-state index in [1.165, 1.54) is 104 Å². The van der Waals surface area contributed by atoms with E-state index in [1.54, 1.807) is 13.8 Å². The normalized spacial score (nSPS) is 13.7. The number of imide groups is 2. The number of aromatic hydroxyl groups is 1. The molecule has 0 saturated carbocycles. The molecule has 0 spiro atoms. The number of carbonyl (C=O) groups is 5. The van der Waals surface area contributed by atoms with Gasteiger partial charge in [0, 0.05) is 29.9 Å². The molecule has 20 nitrogen and oxygen atoms in total. The second kappa shape index (κ2) is 19.2. The Labute approximate surface area is 410 Å². The molecule has 23 heteroatoms. The Morgan fingerprint density at radius 3 is 1.73 bits per heavy atom. The number of hydrogen-bond acceptors (Lipinski definition) is 15. The van der Waals surface area contributed by atoms with Gasteiger partial charge in [-0.1, -0.05) is 49.7 Å². The summed E-state index contributed by atoms with van der Waals surface area (Å²) in [6.07, 6.45) is 0. The van der Waals surface area contributed by atoms with Crippen LogP contribution in [-0.4, -0.2) is 105 Å². The van der Waals surface area contributed by atoms with Crippen molar-refractivity contribution in [2.24, 2.45) is 10.2 Å². The van der Waals surface area contributed by atoms with Crippen molar-refractivity contribution < 1.29 is 64.7 Å². The number of nitrogens with one attached hydrogen (secondary N) is 1.